The number of hydrogen-bond donors (Lipinski definition) is 2. The number of halogens is 1. The third-order valence-corrected chi connectivity index (χ3v) is 5.08. The van der Waals surface area contributed by atoms with Crippen LogP contribution in [0.1, 0.15) is 12.8 Å². The molecule has 6 nitrogen and oxygen atoms in total. The summed E-state index contributed by atoms with van der Waals surface area (Å²) in [5.41, 5.74) is 5.38. The van der Waals surface area contributed by atoms with Crippen molar-refractivity contribution in [3.05, 3.63) is 23.2 Å². The molecule has 0 aromatic heterocycles. The summed E-state index contributed by atoms with van der Waals surface area (Å²) in [7, 11) is -3.68. The number of nitrogens with one attached hydrogen (secondary N) is 1. The van der Waals surface area contributed by atoms with Gasteiger partial charge in [0.1, 0.15) is 10.6 Å². The average molecular weight is 349 g/mol. The molecule has 1 unspecified atom stereocenters. The molecule has 3 N–H and O–H groups in total. The molecule has 1 saturated heterocycles. The maximum atomic E-state index is 12.4. The summed E-state index contributed by atoms with van der Waals surface area (Å²) in [5.74, 6) is 0.591. The van der Waals surface area contributed by atoms with Gasteiger partial charge in [-0.15, -0.1) is 0 Å². The predicted molar refractivity (Wildman–Crippen MR) is 84.7 cm³/mol. The van der Waals surface area contributed by atoms with Crippen molar-refractivity contribution in [1.29, 1.82) is 0 Å². The summed E-state index contributed by atoms with van der Waals surface area (Å²) in [4.78, 5) is 0.0518. The van der Waals surface area contributed by atoms with Crippen LogP contribution < -0.4 is 15.2 Å². The smallest absolute Gasteiger partial charge is 0.244 e. The Labute approximate surface area is 136 Å². The van der Waals surface area contributed by atoms with Crippen molar-refractivity contribution >= 4 is 21.6 Å². The molecule has 0 saturated carbocycles. The van der Waals surface area contributed by atoms with Crippen LogP contribution in [-0.4, -0.2) is 41.3 Å². The highest BCUT2D eigenvalue weighted by atomic mass is 35.5. The van der Waals surface area contributed by atoms with Crippen molar-refractivity contribution < 1.29 is 17.9 Å². The lowest BCUT2D eigenvalue weighted by atomic mass is 10.1. The molecule has 1 heterocycles. The van der Waals surface area contributed by atoms with Gasteiger partial charge >= 0.3 is 0 Å². The third kappa shape index (κ3) is 4.82. The second-order valence-electron chi connectivity index (χ2n) is 5.17. The number of sulfonamides is 1. The fourth-order valence-corrected chi connectivity index (χ4v) is 3.60. The summed E-state index contributed by atoms with van der Waals surface area (Å²) in [6.07, 6.45) is 1.49. The molecule has 1 atom stereocenters. The summed E-state index contributed by atoms with van der Waals surface area (Å²) in [5, 5.41) is 0.343. The highest BCUT2D eigenvalue weighted by Crippen LogP contribution is 2.28. The van der Waals surface area contributed by atoms with E-state index < -0.39 is 10.0 Å². The van der Waals surface area contributed by atoms with Crippen molar-refractivity contribution in [3.63, 3.8) is 0 Å². The molecule has 0 amide bonds. The Morgan fingerprint density at radius 3 is 2.95 bits per heavy atom. The Morgan fingerprint density at radius 1 is 1.45 bits per heavy atom. The molecular formula is C14H21ClN2O4S. The molecule has 0 spiro atoms. The summed E-state index contributed by atoms with van der Waals surface area (Å²) < 4.78 is 38.2. The third-order valence-electron chi connectivity index (χ3n) is 3.37. The number of hydrogen-bond acceptors (Lipinski definition) is 5. The van der Waals surface area contributed by atoms with Crippen molar-refractivity contribution in [1.82, 2.24) is 4.72 Å². The standard InChI is InChI=1S/C14H21ClN2O4S/c15-12-2-3-13(21-10-11-4-7-20-9-11)14(8-12)22(18,19)17-6-1-5-16/h2-3,8,11,17H,1,4-7,9-10,16H2. The maximum Gasteiger partial charge on any atom is 0.244 e. The maximum absolute atomic E-state index is 12.4. The van der Waals surface area contributed by atoms with E-state index in [1.54, 1.807) is 12.1 Å². The summed E-state index contributed by atoms with van der Waals surface area (Å²) in [6.45, 7) is 2.49. The van der Waals surface area contributed by atoms with Gasteiger partial charge in [0, 0.05) is 24.1 Å². The fraction of sp³-hybridized carbons (Fsp3) is 0.571. The molecule has 1 fully saturated rings. The topological polar surface area (TPSA) is 90.7 Å². The van der Waals surface area contributed by atoms with E-state index in [-0.39, 0.29) is 17.4 Å². The SMILES string of the molecule is NCCCNS(=O)(=O)c1cc(Cl)ccc1OCC1CCOC1. The predicted octanol–water partition coefficient (Wildman–Crippen LogP) is 1.38. The minimum atomic E-state index is -3.68. The van der Waals surface area contributed by atoms with Crippen LogP contribution in [0.25, 0.3) is 0 Å². The molecule has 2 rings (SSSR count). The Hall–Kier alpha value is -0.860. The van der Waals surface area contributed by atoms with E-state index in [1.807, 2.05) is 0 Å². The van der Waals surface area contributed by atoms with Gasteiger partial charge in [0.25, 0.3) is 0 Å². The van der Waals surface area contributed by atoms with Gasteiger partial charge < -0.3 is 15.2 Å². The van der Waals surface area contributed by atoms with E-state index in [1.165, 1.54) is 6.07 Å². The largest absolute Gasteiger partial charge is 0.492 e. The Morgan fingerprint density at radius 2 is 2.27 bits per heavy atom. The fourth-order valence-electron chi connectivity index (χ4n) is 2.12. The number of nitrogens with two attached hydrogens (primary N) is 1. The molecule has 1 aliphatic rings. The Kier molecular flexibility index (Phi) is 6.46. The van der Waals surface area contributed by atoms with E-state index in [4.69, 9.17) is 26.8 Å². The van der Waals surface area contributed by atoms with E-state index >= 15 is 0 Å². The number of ether oxygens (including phenoxy) is 2. The van der Waals surface area contributed by atoms with Crippen LogP contribution in [0.5, 0.6) is 5.75 Å². The van der Waals surface area contributed by atoms with Crippen molar-refractivity contribution in [2.75, 3.05) is 32.9 Å². The van der Waals surface area contributed by atoms with E-state index in [9.17, 15) is 8.42 Å². The minimum absolute atomic E-state index is 0.0518. The van der Waals surface area contributed by atoms with Crippen molar-refractivity contribution in [2.45, 2.75) is 17.7 Å². The van der Waals surface area contributed by atoms with Crippen molar-refractivity contribution in [3.8, 4) is 5.75 Å². The number of rotatable bonds is 8. The summed E-state index contributed by atoms with van der Waals surface area (Å²) in [6, 6.07) is 4.59. The van der Waals surface area contributed by atoms with Gasteiger partial charge in [0.2, 0.25) is 10.0 Å². The van der Waals surface area contributed by atoms with Gasteiger partial charge in [-0.3, -0.25) is 0 Å². The van der Waals surface area contributed by atoms with Gasteiger partial charge in [-0.25, -0.2) is 13.1 Å². The first-order valence-electron chi connectivity index (χ1n) is 7.23. The highest BCUT2D eigenvalue weighted by Gasteiger charge is 2.22. The lowest BCUT2D eigenvalue weighted by Gasteiger charge is -2.15. The van der Waals surface area contributed by atoms with Crippen LogP contribution >= 0.6 is 11.6 Å². The molecule has 1 aromatic carbocycles. The van der Waals surface area contributed by atoms with Gasteiger partial charge in [0.05, 0.1) is 13.2 Å². The van der Waals surface area contributed by atoms with Gasteiger partial charge in [-0.05, 0) is 37.6 Å². The van der Waals surface area contributed by atoms with Gasteiger partial charge in [0.15, 0.2) is 0 Å². The molecule has 8 heteroatoms. The second-order valence-corrected chi connectivity index (χ2v) is 7.34. The Bertz CT molecular complexity index is 589. The van der Waals surface area contributed by atoms with Crippen LogP contribution in [0.4, 0.5) is 0 Å². The lowest BCUT2D eigenvalue weighted by Crippen LogP contribution is -2.27. The monoisotopic (exact) mass is 348 g/mol. The zero-order valence-corrected chi connectivity index (χ0v) is 13.8. The van der Waals surface area contributed by atoms with Crippen LogP contribution in [0, 0.1) is 5.92 Å². The quantitative estimate of drug-likeness (QED) is 0.693. The van der Waals surface area contributed by atoms with Crippen LogP contribution in [0.3, 0.4) is 0 Å². The summed E-state index contributed by atoms with van der Waals surface area (Å²) >= 11 is 5.92. The molecule has 1 aromatic rings. The van der Waals surface area contributed by atoms with Gasteiger partial charge in [-0.2, -0.15) is 0 Å². The van der Waals surface area contributed by atoms with E-state index in [0.29, 0.717) is 37.0 Å². The van der Waals surface area contributed by atoms with E-state index in [2.05, 4.69) is 4.72 Å². The molecule has 124 valence electrons. The second kappa shape index (κ2) is 8.12. The zero-order valence-electron chi connectivity index (χ0n) is 12.3. The first-order valence-corrected chi connectivity index (χ1v) is 9.09. The molecule has 0 aliphatic carbocycles. The molecular weight excluding hydrogens is 328 g/mol. The first-order chi connectivity index (χ1) is 10.5. The zero-order chi connectivity index (χ0) is 16.0. The molecule has 22 heavy (non-hydrogen) atoms. The van der Waals surface area contributed by atoms with E-state index in [0.717, 1.165) is 13.0 Å². The highest BCUT2D eigenvalue weighted by molar-refractivity contribution is 7.89. The van der Waals surface area contributed by atoms with Crippen molar-refractivity contribution in [2.24, 2.45) is 11.7 Å². The molecule has 0 radical (unpaired) electrons. The normalized spacial score (nSPS) is 18.5. The molecule has 0 bridgehead atoms. The van der Waals surface area contributed by atoms with Crippen LogP contribution in [0.15, 0.2) is 23.1 Å². The number of benzene rings is 1. The van der Waals surface area contributed by atoms with Gasteiger partial charge in [-0.1, -0.05) is 11.6 Å². The minimum Gasteiger partial charge on any atom is -0.492 e. The molecule has 1 aliphatic heterocycles. The average Bonchev–Trinajstić information content (AvgIpc) is 2.99. The Balaban J connectivity index is 2.12. The van der Waals surface area contributed by atoms with Crippen LogP contribution in [-0.2, 0) is 14.8 Å². The first kappa shape index (κ1) is 17.5. The van der Waals surface area contributed by atoms with Crippen LogP contribution in [0.2, 0.25) is 5.02 Å². The lowest BCUT2D eigenvalue weighted by molar-refractivity contribution is 0.166.